The molecule has 0 atom stereocenters. The summed E-state index contributed by atoms with van der Waals surface area (Å²) in [5.74, 6) is -0.767. The van der Waals surface area contributed by atoms with E-state index in [1.807, 2.05) is 6.07 Å². The van der Waals surface area contributed by atoms with Crippen LogP contribution in [-0.4, -0.2) is 11.0 Å². The lowest BCUT2D eigenvalue weighted by Crippen LogP contribution is -2.14. The van der Waals surface area contributed by atoms with E-state index in [0.717, 1.165) is 0 Å². The van der Waals surface area contributed by atoms with Gasteiger partial charge in [0, 0.05) is 10.7 Å². The summed E-state index contributed by atoms with van der Waals surface area (Å²) in [5, 5.41) is 20.5. The van der Waals surface area contributed by atoms with Crippen LogP contribution in [0.3, 0.4) is 0 Å². The first-order chi connectivity index (χ1) is 10.6. The number of hydrogen-bond donors (Lipinski definition) is 2. The van der Waals surface area contributed by atoms with Gasteiger partial charge in [-0.25, -0.2) is 0 Å². The predicted molar refractivity (Wildman–Crippen MR) is 86.4 cm³/mol. The number of aliphatic hydroxyl groups excluding tert-OH is 1. The van der Waals surface area contributed by atoms with Crippen molar-refractivity contribution in [3.05, 3.63) is 71.1 Å². The van der Waals surface area contributed by atoms with Crippen LogP contribution in [0.25, 0.3) is 0 Å². The molecule has 0 unspecified atom stereocenters. The Morgan fingerprint density at radius 2 is 1.86 bits per heavy atom. The van der Waals surface area contributed by atoms with Crippen LogP contribution in [0.15, 0.2) is 76.3 Å². The molecule has 22 heavy (non-hydrogen) atoms. The number of allylic oxidation sites excluding steroid dienone is 1. The van der Waals surface area contributed by atoms with Crippen LogP contribution < -0.4 is 5.32 Å². The first-order valence-corrected chi connectivity index (χ1v) is 6.87. The van der Waals surface area contributed by atoms with Crippen LogP contribution in [-0.2, 0) is 4.79 Å². The number of azo groups is 1. The zero-order valence-electron chi connectivity index (χ0n) is 11.8. The van der Waals surface area contributed by atoms with E-state index in [2.05, 4.69) is 15.5 Å². The van der Waals surface area contributed by atoms with Gasteiger partial charge in [0.05, 0.1) is 5.69 Å². The molecule has 0 saturated heterocycles. The van der Waals surface area contributed by atoms with Gasteiger partial charge in [-0.3, -0.25) is 4.79 Å². The van der Waals surface area contributed by atoms with Gasteiger partial charge in [0.2, 0.25) is 0 Å². The first-order valence-electron chi connectivity index (χ1n) is 6.50. The molecule has 5 nitrogen and oxygen atoms in total. The minimum atomic E-state index is -0.544. The number of anilines is 1. The lowest BCUT2D eigenvalue weighted by Gasteiger charge is -2.05. The number of halogens is 1. The van der Waals surface area contributed by atoms with Crippen LogP contribution in [0, 0.1) is 0 Å². The maximum atomic E-state index is 12.1. The molecule has 0 bridgehead atoms. The Balaban J connectivity index is 2.17. The third-order valence-electron chi connectivity index (χ3n) is 2.66. The number of rotatable bonds is 4. The normalized spacial score (nSPS) is 12.1. The molecular weight excluding hydrogens is 302 g/mol. The molecule has 2 rings (SSSR count). The van der Waals surface area contributed by atoms with Crippen molar-refractivity contribution in [2.45, 2.75) is 6.92 Å². The van der Waals surface area contributed by atoms with E-state index in [9.17, 15) is 9.90 Å². The third kappa shape index (κ3) is 4.43. The largest absolute Gasteiger partial charge is 0.510 e. The zero-order chi connectivity index (χ0) is 15.9. The molecule has 0 aromatic heterocycles. The average Bonchev–Trinajstić information content (AvgIpc) is 2.48. The molecule has 112 valence electrons. The lowest BCUT2D eigenvalue weighted by atomic mass is 10.3. The van der Waals surface area contributed by atoms with E-state index < -0.39 is 5.91 Å². The fourth-order valence-electron chi connectivity index (χ4n) is 1.64. The van der Waals surface area contributed by atoms with Crippen molar-refractivity contribution in [3.8, 4) is 0 Å². The predicted octanol–water partition coefficient (Wildman–Crippen LogP) is 4.85. The van der Waals surface area contributed by atoms with Gasteiger partial charge in [-0.1, -0.05) is 35.9 Å². The second-order valence-corrected chi connectivity index (χ2v) is 4.87. The summed E-state index contributed by atoms with van der Waals surface area (Å²) >= 11 is 5.85. The van der Waals surface area contributed by atoms with Crippen LogP contribution in [0.5, 0.6) is 0 Å². The summed E-state index contributed by atoms with van der Waals surface area (Å²) in [6, 6.07) is 15.6. The maximum absolute atomic E-state index is 12.1. The van der Waals surface area contributed by atoms with Crippen molar-refractivity contribution in [1.29, 1.82) is 0 Å². The molecule has 2 aromatic rings. The monoisotopic (exact) mass is 315 g/mol. The summed E-state index contributed by atoms with van der Waals surface area (Å²) in [7, 11) is 0. The highest BCUT2D eigenvalue weighted by atomic mass is 35.5. The van der Waals surface area contributed by atoms with Gasteiger partial charge < -0.3 is 10.4 Å². The van der Waals surface area contributed by atoms with Crippen molar-refractivity contribution >= 4 is 28.9 Å². The SMILES string of the molecule is CC(O)=C(N=Nc1cccc(Cl)c1)C(=O)Nc1ccccc1. The highest BCUT2D eigenvalue weighted by molar-refractivity contribution is 6.30. The second kappa shape index (κ2) is 7.38. The topological polar surface area (TPSA) is 74.0 Å². The number of nitrogens with zero attached hydrogens (tertiary/aromatic N) is 2. The van der Waals surface area contributed by atoms with E-state index in [1.54, 1.807) is 48.5 Å². The van der Waals surface area contributed by atoms with E-state index in [4.69, 9.17) is 11.6 Å². The standard InChI is InChI=1S/C16H14ClN3O2/c1-11(21)15(16(22)18-13-7-3-2-4-8-13)20-19-14-9-5-6-12(17)10-14/h2-10,21H,1H3,(H,18,22). The highest BCUT2D eigenvalue weighted by Crippen LogP contribution is 2.20. The van der Waals surface area contributed by atoms with E-state index >= 15 is 0 Å². The van der Waals surface area contributed by atoms with Crippen molar-refractivity contribution in [1.82, 2.24) is 0 Å². The van der Waals surface area contributed by atoms with Crippen LogP contribution >= 0.6 is 11.6 Å². The van der Waals surface area contributed by atoms with E-state index in [0.29, 0.717) is 16.4 Å². The number of aliphatic hydroxyl groups is 1. The van der Waals surface area contributed by atoms with Gasteiger partial charge in [-0.15, -0.1) is 5.11 Å². The second-order valence-electron chi connectivity index (χ2n) is 4.43. The number of hydrogen-bond acceptors (Lipinski definition) is 4. The minimum Gasteiger partial charge on any atom is -0.510 e. The van der Waals surface area contributed by atoms with Gasteiger partial charge in [0.15, 0.2) is 5.70 Å². The Morgan fingerprint density at radius 1 is 1.14 bits per heavy atom. The van der Waals surface area contributed by atoms with E-state index in [1.165, 1.54) is 6.92 Å². The molecule has 0 aliphatic carbocycles. The molecule has 0 saturated carbocycles. The van der Waals surface area contributed by atoms with Crippen LogP contribution in [0.2, 0.25) is 5.02 Å². The van der Waals surface area contributed by atoms with Gasteiger partial charge >= 0.3 is 0 Å². The summed E-state index contributed by atoms with van der Waals surface area (Å²) in [4.78, 5) is 12.1. The summed E-state index contributed by atoms with van der Waals surface area (Å²) in [5.41, 5.74) is 0.923. The third-order valence-corrected chi connectivity index (χ3v) is 2.90. The zero-order valence-corrected chi connectivity index (χ0v) is 12.6. The molecule has 0 radical (unpaired) electrons. The number of nitrogens with one attached hydrogen (secondary N) is 1. The number of carbonyl (C=O) groups is 1. The molecular formula is C16H14ClN3O2. The molecule has 1 amide bonds. The van der Waals surface area contributed by atoms with Gasteiger partial charge in [-0.2, -0.15) is 5.11 Å². The van der Waals surface area contributed by atoms with Crippen molar-refractivity contribution in [2.75, 3.05) is 5.32 Å². The fourth-order valence-corrected chi connectivity index (χ4v) is 1.82. The first kappa shape index (κ1) is 15.7. The lowest BCUT2D eigenvalue weighted by molar-refractivity contribution is -0.113. The van der Waals surface area contributed by atoms with Gasteiger partial charge in [0.1, 0.15) is 5.76 Å². The Labute approximate surface area is 133 Å². The maximum Gasteiger partial charge on any atom is 0.279 e. The Morgan fingerprint density at radius 3 is 2.50 bits per heavy atom. The molecule has 0 fully saturated rings. The highest BCUT2D eigenvalue weighted by Gasteiger charge is 2.13. The summed E-state index contributed by atoms with van der Waals surface area (Å²) in [6.45, 7) is 1.37. The van der Waals surface area contributed by atoms with Gasteiger partial charge in [-0.05, 0) is 37.3 Å². The minimum absolute atomic E-state index is 0.163. The Hall–Kier alpha value is -2.66. The molecule has 2 N–H and O–H groups in total. The molecule has 0 aliphatic heterocycles. The van der Waals surface area contributed by atoms with Crippen LogP contribution in [0.4, 0.5) is 11.4 Å². The van der Waals surface area contributed by atoms with Crippen molar-refractivity contribution < 1.29 is 9.90 Å². The van der Waals surface area contributed by atoms with Crippen molar-refractivity contribution in [3.63, 3.8) is 0 Å². The Bertz CT molecular complexity index is 723. The molecule has 0 heterocycles. The number of para-hydroxylation sites is 1. The molecule has 6 heteroatoms. The van der Waals surface area contributed by atoms with Gasteiger partial charge in [0.25, 0.3) is 5.91 Å². The molecule has 2 aromatic carbocycles. The summed E-state index contributed by atoms with van der Waals surface area (Å²) in [6.07, 6.45) is 0. The number of amides is 1. The number of benzene rings is 2. The smallest absolute Gasteiger partial charge is 0.279 e. The average molecular weight is 316 g/mol. The van der Waals surface area contributed by atoms with E-state index in [-0.39, 0.29) is 11.5 Å². The molecule has 0 spiro atoms. The quantitative estimate of drug-likeness (QED) is 0.480. The van der Waals surface area contributed by atoms with Crippen LogP contribution in [0.1, 0.15) is 6.92 Å². The molecule has 0 aliphatic rings. The van der Waals surface area contributed by atoms with Crippen molar-refractivity contribution in [2.24, 2.45) is 10.2 Å². The Kier molecular flexibility index (Phi) is 5.27. The summed E-state index contributed by atoms with van der Waals surface area (Å²) < 4.78 is 0. The number of carbonyl (C=O) groups excluding carboxylic acids is 1. The fraction of sp³-hybridized carbons (Fsp3) is 0.0625.